The maximum Gasteiger partial charge on any atom is -0.00178 e. The van der Waals surface area contributed by atoms with E-state index in [0.29, 0.717) is 0 Å². The van der Waals surface area contributed by atoms with Gasteiger partial charge in [-0.15, -0.1) is 0 Å². The molecule has 112 valence electrons. The van der Waals surface area contributed by atoms with Crippen LogP contribution < -0.4 is 5.32 Å². The van der Waals surface area contributed by atoms with E-state index in [-0.39, 0.29) is 0 Å². The Hall–Kier alpha value is -0.0400. The van der Waals surface area contributed by atoms with Crippen LogP contribution >= 0.6 is 0 Å². The van der Waals surface area contributed by atoms with Gasteiger partial charge in [0, 0.05) is 0 Å². The van der Waals surface area contributed by atoms with E-state index in [2.05, 4.69) is 26.1 Å². The van der Waals surface area contributed by atoms with Crippen molar-refractivity contribution in [2.45, 2.75) is 72.1 Å². The molecule has 1 nitrogen and oxygen atoms in total. The fourth-order valence-corrected chi connectivity index (χ4v) is 4.59. The van der Waals surface area contributed by atoms with Gasteiger partial charge in [-0.2, -0.15) is 0 Å². The molecule has 0 heterocycles. The molecule has 2 rings (SSSR count). The molecule has 0 aliphatic heterocycles. The first kappa shape index (κ1) is 15.4. The maximum atomic E-state index is 3.70. The van der Waals surface area contributed by atoms with Crippen molar-refractivity contribution in [3.63, 3.8) is 0 Å². The van der Waals surface area contributed by atoms with E-state index in [1.165, 1.54) is 64.5 Å². The summed E-state index contributed by atoms with van der Waals surface area (Å²) in [5.74, 6) is 4.98. The van der Waals surface area contributed by atoms with Crippen molar-refractivity contribution in [2.75, 3.05) is 13.1 Å². The predicted octanol–water partition coefficient (Wildman–Crippen LogP) is 4.86. The van der Waals surface area contributed by atoms with Crippen LogP contribution in [0.1, 0.15) is 72.1 Å². The number of hydrogen-bond donors (Lipinski definition) is 1. The van der Waals surface area contributed by atoms with Crippen molar-refractivity contribution in [3.8, 4) is 0 Å². The maximum absolute atomic E-state index is 3.70. The molecule has 0 bridgehead atoms. The first-order valence-corrected chi connectivity index (χ1v) is 8.93. The largest absolute Gasteiger partial charge is 0.316 e. The molecule has 2 aliphatic rings. The quantitative estimate of drug-likeness (QED) is 0.676. The van der Waals surface area contributed by atoms with Gasteiger partial charge in [-0.25, -0.2) is 0 Å². The monoisotopic (exact) mass is 265 g/mol. The molecule has 0 aromatic carbocycles. The minimum Gasteiger partial charge on any atom is -0.316 e. The van der Waals surface area contributed by atoms with Gasteiger partial charge in [-0.1, -0.05) is 46.5 Å². The second kappa shape index (κ2) is 7.67. The van der Waals surface area contributed by atoms with E-state index in [0.717, 1.165) is 29.6 Å². The summed E-state index contributed by atoms with van der Waals surface area (Å²) in [5.41, 5.74) is 0. The third-order valence-corrected chi connectivity index (χ3v) is 5.87. The zero-order valence-corrected chi connectivity index (χ0v) is 13.5. The summed E-state index contributed by atoms with van der Waals surface area (Å²) in [6, 6.07) is 0. The van der Waals surface area contributed by atoms with E-state index in [9.17, 15) is 0 Å². The van der Waals surface area contributed by atoms with Gasteiger partial charge < -0.3 is 5.32 Å². The Bertz CT molecular complexity index is 242. The van der Waals surface area contributed by atoms with E-state index < -0.39 is 0 Å². The fourth-order valence-electron chi connectivity index (χ4n) is 4.59. The van der Waals surface area contributed by atoms with Gasteiger partial charge in [0.25, 0.3) is 0 Å². The summed E-state index contributed by atoms with van der Waals surface area (Å²) in [6.45, 7) is 9.65. The fraction of sp³-hybridized carbons (Fsp3) is 1.00. The predicted molar refractivity (Wildman–Crippen MR) is 84.3 cm³/mol. The minimum atomic E-state index is 0.897. The van der Waals surface area contributed by atoms with Gasteiger partial charge in [0.1, 0.15) is 0 Å². The smallest absolute Gasteiger partial charge is 0.00178 e. The lowest BCUT2D eigenvalue weighted by atomic mass is 9.66. The van der Waals surface area contributed by atoms with Crippen molar-refractivity contribution < 1.29 is 0 Å². The molecule has 0 aromatic heterocycles. The van der Waals surface area contributed by atoms with E-state index >= 15 is 0 Å². The lowest BCUT2D eigenvalue weighted by Gasteiger charge is -2.41. The van der Waals surface area contributed by atoms with E-state index in [4.69, 9.17) is 0 Å². The van der Waals surface area contributed by atoms with Crippen LogP contribution in [0.5, 0.6) is 0 Å². The Balaban J connectivity index is 1.91. The SMILES string of the molecule is CCCNCC1CCC(C(C)C)CC1C1CCCC1. The molecule has 19 heavy (non-hydrogen) atoms. The van der Waals surface area contributed by atoms with Crippen LogP contribution in [-0.2, 0) is 0 Å². The molecule has 2 saturated carbocycles. The Morgan fingerprint density at radius 3 is 2.42 bits per heavy atom. The summed E-state index contributed by atoms with van der Waals surface area (Å²) in [7, 11) is 0. The molecule has 3 atom stereocenters. The van der Waals surface area contributed by atoms with Crippen molar-refractivity contribution >= 4 is 0 Å². The van der Waals surface area contributed by atoms with E-state index in [1.54, 1.807) is 0 Å². The Morgan fingerprint density at radius 1 is 1.05 bits per heavy atom. The highest BCUT2D eigenvalue weighted by Gasteiger charge is 2.37. The van der Waals surface area contributed by atoms with Crippen LogP contribution in [0.2, 0.25) is 0 Å². The highest BCUT2D eigenvalue weighted by molar-refractivity contribution is 4.88. The number of nitrogens with one attached hydrogen (secondary N) is 1. The topological polar surface area (TPSA) is 12.0 Å². The van der Waals surface area contributed by atoms with Crippen LogP contribution in [-0.4, -0.2) is 13.1 Å². The van der Waals surface area contributed by atoms with Crippen LogP contribution in [0.25, 0.3) is 0 Å². The van der Waals surface area contributed by atoms with Crippen LogP contribution in [0, 0.1) is 29.6 Å². The molecule has 0 amide bonds. The van der Waals surface area contributed by atoms with Crippen molar-refractivity contribution in [2.24, 2.45) is 29.6 Å². The summed E-state index contributed by atoms with van der Waals surface area (Å²) >= 11 is 0. The third kappa shape index (κ3) is 4.21. The van der Waals surface area contributed by atoms with Crippen molar-refractivity contribution in [1.82, 2.24) is 5.32 Å². The third-order valence-electron chi connectivity index (χ3n) is 5.87. The summed E-state index contributed by atoms with van der Waals surface area (Å²) in [6.07, 6.45) is 11.8. The molecule has 2 fully saturated rings. The van der Waals surface area contributed by atoms with Gasteiger partial charge in [-0.3, -0.25) is 0 Å². The number of rotatable bonds is 6. The second-order valence-corrected chi connectivity index (χ2v) is 7.49. The molecule has 2 aliphatic carbocycles. The lowest BCUT2D eigenvalue weighted by Crippen LogP contribution is -2.37. The average molecular weight is 265 g/mol. The molecule has 1 heteroatoms. The van der Waals surface area contributed by atoms with E-state index in [1.807, 2.05) is 0 Å². The average Bonchev–Trinajstić information content (AvgIpc) is 2.93. The summed E-state index contributed by atoms with van der Waals surface area (Å²) in [4.78, 5) is 0. The first-order chi connectivity index (χ1) is 9.22. The second-order valence-electron chi connectivity index (χ2n) is 7.49. The minimum absolute atomic E-state index is 0.897. The molecule has 3 unspecified atom stereocenters. The molecule has 0 saturated heterocycles. The van der Waals surface area contributed by atoms with Gasteiger partial charge in [-0.05, 0) is 68.4 Å². The highest BCUT2D eigenvalue weighted by Crippen LogP contribution is 2.45. The zero-order valence-electron chi connectivity index (χ0n) is 13.5. The summed E-state index contributed by atoms with van der Waals surface area (Å²) < 4.78 is 0. The van der Waals surface area contributed by atoms with Gasteiger partial charge in [0.05, 0.1) is 0 Å². The van der Waals surface area contributed by atoms with Crippen LogP contribution in [0.15, 0.2) is 0 Å². The molecule has 1 N–H and O–H groups in total. The van der Waals surface area contributed by atoms with Crippen molar-refractivity contribution in [1.29, 1.82) is 0 Å². The number of hydrogen-bond acceptors (Lipinski definition) is 1. The zero-order chi connectivity index (χ0) is 13.7. The van der Waals surface area contributed by atoms with Crippen LogP contribution in [0.4, 0.5) is 0 Å². The Labute approximate surface area is 120 Å². The van der Waals surface area contributed by atoms with Gasteiger partial charge >= 0.3 is 0 Å². The normalized spacial score (nSPS) is 33.2. The summed E-state index contributed by atoms with van der Waals surface area (Å²) in [5, 5.41) is 3.70. The van der Waals surface area contributed by atoms with Crippen LogP contribution in [0.3, 0.4) is 0 Å². The lowest BCUT2D eigenvalue weighted by molar-refractivity contribution is 0.0990. The molecule has 0 radical (unpaired) electrons. The van der Waals surface area contributed by atoms with Gasteiger partial charge in [0.15, 0.2) is 0 Å². The highest BCUT2D eigenvalue weighted by atomic mass is 14.9. The van der Waals surface area contributed by atoms with Crippen molar-refractivity contribution in [3.05, 3.63) is 0 Å². The molecule has 0 aromatic rings. The molecular weight excluding hydrogens is 230 g/mol. The standard InChI is InChI=1S/C18H35N/c1-4-11-19-13-17-10-9-16(14(2)3)12-18(17)15-7-5-6-8-15/h14-19H,4-13H2,1-3H3. The molecular formula is C18H35N. The molecule has 0 spiro atoms. The Morgan fingerprint density at radius 2 is 1.79 bits per heavy atom. The first-order valence-electron chi connectivity index (χ1n) is 8.93. The Kier molecular flexibility index (Phi) is 6.19. The van der Waals surface area contributed by atoms with Gasteiger partial charge in [0.2, 0.25) is 0 Å².